The van der Waals surface area contributed by atoms with E-state index in [1.165, 1.54) is 18.2 Å². The monoisotopic (exact) mass is 429 g/mol. The Bertz CT molecular complexity index is 1140. The van der Waals surface area contributed by atoms with Crippen LogP contribution in [0.4, 0.5) is 14.7 Å². The van der Waals surface area contributed by atoms with Crippen molar-refractivity contribution >= 4 is 22.8 Å². The summed E-state index contributed by atoms with van der Waals surface area (Å²) in [5.74, 6) is -0.645. The summed E-state index contributed by atoms with van der Waals surface area (Å²) >= 11 is 0. The van der Waals surface area contributed by atoms with Crippen molar-refractivity contribution in [3.8, 4) is 5.75 Å². The molecule has 162 valence electrons. The number of fused-ring (bicyclic) bond motifs is 1. The molecule has 2 heterocycles. The number of hydrogen-bond acceptors (Lipinski definition) is 5. The predicted molar refractivity (Wildman–Crippen MR) is 111 cm³/mol. The van der Waals surface area contributed by atoms with Crippen molar-refractivity contribution in [1.82, 2.24) is 9.97 Å². The molecule has 0 atom stereocenters. The third-order valence-electron chi connectivity index (χ3n) is 5.75. The highest BCUT2D eigenvalue weighted by Crippen LogP contribution is 2.36. The predicted octanol–water partition coefficient (Wildman–Crippen LogP) is 3.44. The molecule has 0 aliphatic carbocycles. The van der Waals surface area contributed by atoms with Crippen molar-refractivity contribution in [2.24, 2.45) is 5.41 Å². The first-order chi connectivity index (χ1) is 14.9. The van der Waals surface area contributed by atoms with Gasteiger partial charge in [-0.25, -0.2) is 4.98 Å². The Morgan fingerprint density at radius 1 is 1.19 bits per heavy atom. The summed E-state index contributed by atoms with van der Waals surface area (Å²) in [5.41, 5.74) is -0.103. The molecular formula is C22H21F2N3O4. The summed E-state index contributed by atoms with van der Waals surface area (Å²) in [7, 11) is 0. The van der Waals surface area contributed by atoms with E-state index in [-0.39, 0.29) is 22.6 Å². The second-order valence-electron chi connectivity index (χ2n) is 7.68. The molecule has 3 aromatic rings. The van der Waals surface area contributed by atoms with E-state index in [2.05, 4.69) is 14.7 Å². The normalized spacial score (nSPS) is 15.9. The van der Waals surface area contributed by atoms with Gasteiger partial charge in [0.05, 0.1) is 16.3 Å². The number of piperidine rings is 1. The number of aliphatic carboxylic acids is 1. The number of anilines is 1. The van der Waals surface area contributed by atoms with Gasteiger partial charge in [0, 0.05) is 19.2 Å². The number of rotatable bonds is 6. The smallest absolute Gasteiger partial charge is 0.387 e. The summed E-state index contributed by atoms with van der Waals surface area (Å²) in [4.78, 5) is 33.5. The van der Waals surface area contributed by atoms with Crippen molar-refractivity contribution in [1.29, 1.82) is 0 Å². The lowest BCUT2D eigenvalue weighted by atomic mass is 9.74. The molecule has 0 bridgehead atoms. The first-order valence-electron chi connectivity index (χ1n) is 9.87. The van der Waals surface area contributed by atoms with Crippen molar-refractivity contribution in [3.05, 3.63) is 64.4 Å². The minimum Gasteiger partial charge on any atom is -0.481 e. The van der Waals surface area contributed by atoms with Gasteiger partial charge in [0.15, 0.2) is 0 Å². The highest BCUT2D eigenvalue weighted by molar-refractivity contribution is 5.80. The lowest BCUT2D eigenvalue weighted by molar-refractivity contribution is -0.150. The summed E-state index contributed by atoms with van der Waals surface area (Å²) in [6.07, 6.45) is 1.19. The van der Waals surface area contributed by atoms with Gasteiger partial charge in [-0.3, -0.25) is 14.6 Å². The maximum atomic E-state index is 12.5. The SMILES string of the molecule is O=C(O)C1(Cc2ccccc2)CCN(c2nc3cc(OC(F)F)ccc3c(=O)[nH]2)CC1. The average Bonchev–Trinajstić information content (AvgIpc) is 2.74. The van der Waals surface area contributed by atoms with Crippen LogP contribution in [0.15, 0.2) is 53.3 Å². The molecule has 1 saturated heterocycles. The third-order valence-corrected chi connectivity index (χ3v) is 5.75. The topological polar surface area (TPSA) is 95.5 Å². The molecule has 0 radical (unpaired) electrons. The fraction of sp³-hybridized carbons (Fsp3) is 0.318. The van der Waals surface area contributed by atoms with E-state index in [9.17, 15) is 23.5 Å². The van der Waals surface area contributed by atoms with Crippen LogP contribution in [0.25, 0.3) is 10.9 Å². The zero-order valence-corrected chi connectivity index (χ0v) is 16.6. The Balaban J connectivity index is 1.57. The van der Waals surface area contributed by atoms with Gasteiger partial charge >= 0.3 is 12.6 Å². The van der Waals surface area contributed by atoms with Crippen molar-refractivity contribution in [2.45, 2.75) is 25.9 Å². The van der Waals surface area contributed by atoms with Crippen LogP contribution in [0, 0.1) is 5.41 Å². The molecule has 9 heteroatoms. The number of carboxylic acids is 1. The molecule has 1 aromatic heterocycles. The van der Waals surface area contributed by atoms with E-state index in [0.29, 0.717) is 32.4 Å². The third kappa shape index (κ3) is 4.35. The van der Waals surface area contributed by atoms with E-state index in [1.807, 2.05) is 35.2 Å². The van der Waals surface area contributed by atoms with Gasteiger partial charge in [0.25, 0.3) is 5.56 Å². The zero-order valence-electron chi connectivity index (χ0n) is 16.6. The zero-order chi connectivity index (χ0) is 22.0. The number of ether oxygens (including phenoxy) is 1. The molecule has 1 aliphatic rings. The Hall–Kier alpha value is -3.49. The Kier molecular flexibility index (Phi) is 5.58. The second kappa shape index (κ2) is 8.33. The lowest BCUT2D eigenvalue weighted by Crippen LogP contribution is -2.46. The van der Waals surface area contributed by atoms with Gasteiger partial charge in [-0.15, -0.1) is 0 Å². The van der Waals surface area contributed by atoms with Crippen LogP contribution in [-0.2, 0) is 11.2 Å². The van der Waals surface area contributed by atoms with Crippen LogP contribution in [0.3, 0.4) is 0 Å². The highest BCUT2D eigenvalue weighted by atomic mass is 19.3. The molecule has 7 nitrogen and oxygen atoms in total. The van der Waals surface area contributed by atoms with Crippen LogP contribution in [-0.4, -0.2) is 40.7 Å². The number of nitrogens with one attached hydrogen (secondary N) is 1. The maximum absolute atomic E-state index is 12.5. The second-order valence-corrected chi connectivity index (χ2v) is 7.68. The Morgan fingerprint density at radius 2 is 1.90 bits per heavy atom. The number of carboxylic acid groups (broad SMARTS) is 1. The van der Waals surface area contributed by atoms with E-state index in [0.717, 1.165) is 5.56 Å². The molecule has 0 unspecified atom stereocenters. The van der Waals surface area contributed by atoms with Gasteiger partial charge in [0.2, 0.25) is 5.95 Å². The molecular weight excluding hydrogens is 408 g/mol. The molecule has 31 heavy (non-hydrogen) atoms. The van der Waals surface area contributed by atoms with Gasteiger partial charge in [0.1, 0.15) is 5.75 Å². The van der Waals surface area contributed by atoms with Crippen LogP contribution >= 0.6 is 0 Å². The maximum Gasteiger partial charge on any atom is 0.387 e. The Labute approximate surface area is 176 Å². The quantitative estimate of drug-likeness (QED) is 0.623. The number of benzene rings is 2. The number of aromatic amines is 1. The first-order valence-corrected chi connectivity index (χ1v) is 9.87. The van der Waals surface area contributed by atoms with Crippen LogP contribution in [0.2, 0.25) is 0 Å². The van der Waals surface area contributed by atoms with E-state index in [4.69, 9.17) is 0 Å². The van der Waals surface area contributed by atoms with Crippen molar-refractivity contribution in [2.75, 3.05) is 18.0 Å². The minimum absolute atomic E-state index is 0.0852. The fourth-order valence-corrected chi connectivity index (χ4v) is 4.03. The first kappa shape index (κ1) is 20.8. The number of carbonyl (C=O) groups is 1. The minimum atomic E-state index is -2.98. The molecule has 2 N–H and O–H groups in total. The van der Waals surface area contributed by atoms with Gasteiger partial charge < -0.3 is 14.7 Å². The molecule has 4 rings (SSSR count). The average molecular weight is 429 g/mol. The van der Waals surface area contributed by atoms with E-state index < -0.39 is 23.6 Å². The summed E-state index contributed by atoms with van der Waals surface area (Å²) in [5, 5.41) is 10.2. The van der Waals surface area contributed by atoms with E-state index >= 15 is 0 Å². The number of halogens is 2. The molecule has 0 spiro atoms. The summed E-state index contributed by atoms with van der Waals surface area (Å²) in [6, 6.07) is 13.5. The molecule has 1 aliphatic heterocycles. The van der Waals surface area contributed by atoms with Crippen molar-refractivity contribution < 1.29 is 23.4 Å². The number of hydrogen-bond donors (Lipinski definition) is 2. The van der Waals surface area contributed by atoms with Crippen LogP contribution in [0.1, 0.15) is 18.4 Å². The molecule has 1 fully saturated rings. The van der Waals surface area contributed by atoms with Gasteiger partial charge in [-0.1, -0.05) is 30.3 Å². The number of aromatic nitrogens is 2. The lowest BCUT2D eigenvalue weighted by Gasteiger charge is -2.39. The fourth-order valence-electron chi connectivity index (χ4n) is 4.03. The van der Waals surface area contributed by atoms with Crippen molar-refractivity contribution in [3.63, 3.8) is 0 Å². The Morgan fingerprint density at radius 3 is 2.55 bits per heavy atom. The van der Waals surface area contributed by atoms with Gasteiger partial charge in [-0.05, 0) is 37.0 Å². The standard InChI is InChI=1S/C22H21F2N3O4/c23-20(24)31-15-6-7-16-17(12-15)25-21(26-18(16)28)27-10-8-22(9-11-27,19(29)30)13-14-4-2-1-3-5-14/h1-7,12,20H,8-11,13H2,(H,29,30)(H,25,26,28). The summed E-state index contributed by atoms with van der Waals surface area (Å²) < 4.78 is 29.4. The summed E-state index contributed by atoms with van der Waals surface area (Å²) in [6.45, 7) is -2.20. The van der Waals surface area contributed by atoms with Gasteiger partial charge in [-0.2, -0.15) is 8.78 Å². The van der Waals surface area contributed by atoms with E-state index in [1.54, 1.807) is 0 Å². The number of H-pyrrole nitrogens is 1. The highest BCUT2D eigenvalue weighted by Gasteiger charge is 2.42. The molecule has 0 saturated carbocycles. The molecule has 0 amide bonds. The van der Waals surface area contributed by atoms with Crippen LogP contribution < -0.4 is 15.2 Å². The number of alkyl halides is 2. The largest absolute Gasteiger partial charge is 0.481 e. The number of nitrogens with zero attached hydrogens (tertiary/aromatic N) is 2. The van der Waals surface area contributed by atoms with Crippen LogP contribution in [0.5, 0.6) is 5.75 Å². The molecule has 2 aromatic carbocycles.